The van der Waals surface area contributed by atoms with Crippen molar-refractivity contribution < 1.29 is 32.2 Å². The molecule has 5 N–H and O–H groups in total. The number of piperidine rings is 1. The number of aromatic nitrogens is 1. The van der Waals surface area contributed by atoms with Crippen LogP contribution in [-0.4, -0.2) is 47.6 Å². The van der Waals surface area contributed by atoms with Crippen LogP contribution >= 0.6 is 0 Å². The minimum atomic E-state index is -4.82. The average Bonchev–Trinajstić information content (AvgIpc) is 2.90. The normalized spacial score (nSPS) is 14.1. The monoisotopic (exact) mass is 543 g/mol. The third-order valence-electron chi connectivity index (χ3n) is 6.20. The fourth-order valence-corrected chi connectivity index (χ4v) is 4.20. The number of ether oxygens (including phenoxy) is 3. The molecule has 3 aromatic rings. The van der Waals surface area contributed by atoms with Crippen LogP contribution in [0.4, 0.5) is 13.2 Å². The van der Waals surface area contributed by atoms with Crippen molar-refractivity contribution >= 4 is 11.7 Å². The Balaban J connectivity index is 1.58. The van der Waals surface area contributed by atoms with E-state index in [2.05, 4.69) is 9.72 Å². The molecule has 39 heavy (non-hydrogen) atoms. The highest BCUT2D eigenvalue weighted by Gasteiger charge is 2.31. The number of halogens is 3. The fourth-order valence-electron chi connectivity index (χ4n) is 4.20. The second-order valence-corrected chi connectivity index (χ2v) is 8.98. The second-order valence-electron chi connectivity index (χ2n) is 8.98. The Hall–Kier alpha value is -4.32. The number of hydrogen-bond acceptors (Lipinski definition) is 7. The molecule has 0 unspecified atom stereocenters. The number of carbonyl (C=O) groups is 1. The lowest BCUT2D eigenvalue weighted by molar-refractivity contribution is -0.274. The largest absolute Gasteiger partial charge is 0.573 e. The highest BCUT2D eigenvalue weighted by atomic mass is 19.4. The van der Waals surface area contributed by atoms with E-state index in [9.17, 15) is 18.0 Å². The summed E-state index contributed by atoms with van der Waals surface area (Å²) in [6.45, 7) is 1.73. The number of hydrogen-bond donors (Lipinski definition) is 3. The molecular weight excluding hydrogens is 515 g/mol. The van der Waals surface area contributed by atoms with Gasteiger partial charge in [0.2, 0.25) is 11.8 Å². The summed E-state index contributed by atoms with van der Waals surface area (Å²) in [6.07, 6.45) is -2.24. The van der Waals surface area contributed by atoms with Gasteiger partial charge in [-0.3, -0.25) is 10.2 Å². The van der Waals surface area contributed by atoms with Gasteiger partial charge < -0.3 is 30.6 Å². The zero-order valence-electron chi connectivity index (χ0n) is 20.9. The molecule has 1 aliphatic heterocycles. The van der Waals surface area contributed by atoms with Gasteiger partial charge in [0, 0.05) is 24.7 Å². The number of benzene rings is 2. The molecule has 0 aliphatic carbocycles. The van der Waals surface area contributed by atoms with Gasteiger partial charge in [-0.05, 0) is 86.3 Å². The summed E-state index contributed by atoms with van der Waals surface area (Å²) in [6, 6.07) is 14.3. The van der Waals surface area contributed by atoms with E-state index in [0.29, 0.717) is 36.9 Å². The maximum absolute atomic E-state index is 13.4. The summed E-state index contributed by atoms with van der Waals surface area (Å²) >= 11 is 0. The summed E-state index contributed by atoms with van der Waals surface area (Å²) in [5, 5.41) is 7.50. The predicted octanol–water partition coefficient (Wildman–Crippen LogP) is 5.05. The molecule has 206 valence electrons. The van der Waals surface area contributed by atoms with Gasteiger partial charge in [-0.2, -0.15) is 4.98 Å². The van der Waals surface area contributed by atoms with E-state index in [-0.39, 0.29) is 34.8 Å². The Morgan fingerprint density at radius 1 is 0.949 bits per heavy atom. The minimum absolute atomic E-state index is 0.0635. The number of nitrogens with one attached hydrogen (secondary N) is 1. The number of nitrogen functional groups attached to an aromatic ring is 1. The smallest absolute Gasteiger partial charge is 0.439 e. The first-order valence-corrected chi connectivity index (χ1v) is 12.3. The number of alkyl halides is 3. The molecule has 4 rings (SSSR count). The maximum Gasteiger partial charge on any atom is 0.573 e. The summed E-state index contributed by atoms with van der Waals surface area (Å²) in [7, 11) is 0. The van der Waals surface area contributed by atoms with Crippen molar-refractivity contribution in [3.05, 3.63) is 71.8 Å². The van der Waals surface area contributed by atoms with E-state index in [4.69, 9.17) is 26.4 Å². The van der Waals surface area contributed by atoms with Crippen molar-refractivity contribution in [1.82, 2.24) is 9.88 Å². The van der Waals surface area contributed by atoms with Gasteiger partial charge in [-0.1, -0.05) is 0 Å². The standard InChI is InChI=1S/C27H28F3N5O4/c28-27(29,30)39-21-7-5-20(6-8-21)38-25-22(26(36)35-15-12-17(11-14-31)13-16-35)9-10-23(34-25)37-19-3-1-18(2-4-19)24(32)33/h1-10,17H,11-16,31H2,(H3,32,33). The number of nitrogens with two attached hydrogens (primary N) is 2. The first-order chi connectivity index (χ1) is 18.6. The van der Waals surface area contributed by atoms with Crippen LogP contribution in [0.5, 0.6) is 29.0 Å². The SMILES string of the molecule is N=C(N)c1ccc(Oc2ccc(C(=O)N3CCC(CCN)CC3)c(Oc3ccc(OC(F)(F)F)cc3)n2)cc1. The Labute approximate surface area is 223 Å². The van der Waals surface area contributed by atoms with Gasteiger partial charge in [-0.25, -0.2) is 0 Å². The molecule has 0 bridgehead atoms. The molecule has 0 saturated carbocycles. The number of nitrogens with zero attached hydrogens (tertiary/aromatic N) is 2. The van der Waals surface area contributed by atoms with Crippen molar-refractivity contribution in [2.45, 2.75) is 25.6 Å². The first-order valence-electron chi connectivity index (χ1n) is 12.3. The van der Waals surface area contributed by atoms with E-state index in [1.54, 1.807) is 29.2 Å². The lowest BCUT2D eigenvalue weighted by Crippen LogP contribution is -2.39. The van der Waals surface area contributed by atoms with Gasteiger partial charge in [0.25, 0.3) is 5.91 Å². The van der Waals surface area contributed by atoms with Gasteiger partial charge in [0.15, 0.2) is 0 Å². The Morgan fingerprint density at radius 3 is 2.13 bits per heavy atom. The van der Waals surface area contributed by atoms with Crippen LogP contribution in [0.1, 0.15) is 35.2 Å². The van der Waals surface area contributed by atoms with Gasteiger partial charge in [-0.15, -0.1) is 13.2 Å². The van der Waals surface area contributed by atoms with Crippen molar-refractivity contribution in [2.24, 2.45) is 17.4 Å². The fraction of sp³-hybridized carbons (Fsp3) is 0.296. The Bertz CT molecular complexity index is 1290. The van der Waals surface area contributed by atoms with Crippen molar-refractivity contribution in [3.8, 4) is 29.0 Å². The van der Waals surface area contributed by atoms with E-state index in [0.717, 1.165) is 31.4 Å². The molecule has 9 nitrogen and oxygen atoms in total. The molecule has 2 aromatic carbocycles. The number of rotatable bonds is 9. The van der Waals surface area contributed by atoms with Crippen LogP contribution in [0.3, 0.4) is 0 Å². The van der Waals surface area contributed by atoms with Crippen LogP contribution in [0, 0.1) is 11.3 Å². The van der Waals surface area contributed by atoms with E-state index >= 15 is 0 Å². The summed E-state index contributed by atoms with van der Waals surface area (Å²) in [5.74, 6) is 0.308. The van der Waals surface area contributed by atoms with Crippen molar-refractivity contribution in [2.75, 3.05) is 19.6 Å². The van der Waals surface area contributed by atoms with Crippen molar-refractivity contribution in [1.29, 1.82) is 5.41 Å². The summed E-state index contributed by atoms with van der Waals surface area (Å²) in [5.41, 5.74) is 11.9. The van der Waals surface area contributed by atoms with Crippen LogP contribution in [0.15, 0.2) is 60.7 Å². The molecule has 0 spiro atoms. The average molecular weight is 544 g/mol. The van der Waals surface area contributed by atoms with E-state index < -0.39 is 12.1 Å². The topological polar surface area (TPSA) is 137 Å². The lowest BCUT2D eigenvalue weighted by Gasteiger charge is -2.32. The molecule has 12 heteroatoms. The molecular formula is C27H28F3N5O4. The predicted molar refractivity (Wildman–Crippen MR) is 137 cm³/mol. The second kappa shape index (κ2) is 12.0. The number of pyridine rings is 1. The number of carbonyl (C=O) groups excluding carboxylic acids is 1. The summed E-state index contributed by atoms with van der Waals surface area (Å²) < 4.78 is 53.1. The Kier molecular flexibility index (Phi) is 8.55. The molecule has 0 radical (unpaired) electrons. The molecule has 1 aliphatic rings. The molecule has 1 aromatic heterocycles. The van der Waals surface area contributed by atoms with E-state index in [1.165, 1.54) is 24.3 Å². The third kappa shape index (κ3) is 7.60. The molecule has 1 saturated heterocycles. The minimum Gasteiger partial charge on any atom is -0.439 e. The van der Waals surface area contributed by atoms with Crippen LogP contribution in [0.25, 0.3) is 0 Å². The van der Waals surface area contributed by atoms with E-state index in [1.807, 2.05) is 0 Å². The van der Waals surface area contributed by atoms with Crippen LogP contribution < -0.4 is 25.7 Å². The number of likely N-dealkylation sites (tertiary alicyclic amines) is 1. The Morgan fingerprint density at radius 2 is 1.54 bits per heavy atom. The van der Waals surface area contributed by atoms with Crippen LogP contribution in [0.2, 0.25) is 0 Å². The third-order valence-corrected chi connectivity index (χ3v) is 6.20. The molecule has 1 amide bonds. The van der Waals surface area contributed by atoms with Crippen LogP contribution in [-0.2, 0) is 0 Å². The van der Waals surface area contributed by atoms with Gasteiger partial charge in [0.05, 0.1) is 0 Å². The quantitative estimate of drug-likeness (QED) is 0.254. The van der Waals surface area contributed by atoms with Gasteiger partial charge in [0.1, 0.15) is 28.6 Å². The van der Waals surface area contributed by atoms with Crippen molar-refractivity contribution in [3.63, 3.8) is 0 Å². The molecule has 2 heterocycles. The number of amides is 1. The van der Waals surface area contributed by atoms with Gasteiger partial charge >= 0.3 is 6.36 Å². The highest BCUT2D eigenvalue weighted by molar-refractivity contribution is 5.96. The zero-order valence-corrected chi connectivity index (χ0v) is 20.9. The molecule has 0 atom stereocenters. The highest BCUT2D eigenvalue weighted by Crippen LogP contribution is 2.32. The first kappa shape index (κ1) is 27.7. The molecule has 1 fully saturated rings. The number of amidine groups is 1. The zero-order chi connectivity index (χ0) is 28.0. The lowest BCUT2D eigenvalue weighted by atomic mass is 9.93. The maximum atomic E-state index is 13.4. The summed E-state index contributed by atoms with van der Waals surface area (Å²) in [4.78, 5) is 19.5.